The standard InChI is InChI=1S/C23H31N5O4.HI/c1-31-22-5-2-4-20(16-22)18-26-23(24-10-3-11-27-12-14-32-15-13-27)25-17-19-6-8-21(9-7-19)28(29)30;/h2,4-9,16H,3,10-15,17-18H2,1H3,(H2,24,25,26);1H. The van der Waals surface area contributed by atoms with Crippen molar-refractivity contribution in [1.29, 1.82) is 0 Å². The smallest absolute Gasteiger partial charge is 0.269 e. The van der Waals surface area contributed by atoms with Crippen molar-refractivity contribution in [2.24, 2.45) is 4.99 Å². The Balaban J connectivity index is 0.00000385. The lowest BCUT2D eigenvalue weighted by atomic mass is 10.2. The fraction of sp³-hybridized carbons (Fsp3) is 0.435. The van der Waals surface area contributed by atoms with Crippen molar-refractivity contribution in [1.82, 2.24) is 15.5 Å². The van der Waals surface area contributed by atoms with Crippen molar-refractivity contribution >= 4 is 35.6 Å². The van der Waals surface area contributed by atoms with Crippen LogP contribution in [0.1, 0.15) is 17.5 Å². The Labute approximate surface area is 211 Å². The molecule has 9 nitrogen and oxygen atoms in total. The van der Waals surface area contributed by atoms with Crippen molar-refractivity contribution < 1.29 is 14.4 Å². The van der Waals surface area contributed by atoms with Gasteiger partial charge in [0.1, 0.15) is 5.75 Å². The lowest BCUT2D eigenvalue weighted by Crippen LogP contribution is -2.40. The predicted octanol–water partition coefficient (Wildman–Crippen LogP) is 3.18. The van der Waals surface area contributed by atoms with E-state index in [1.807, 2.05) is 24.3 Å². The van der Waals surface area contributed by atoms with Gasteiger partial charge in [-0.1, -0.05) is 24.3 Å². The predicted molar refractivity (Wildman–Crippen MR) is 139 cm³/mol. The molecule has 3 rings (SSSR count). The van der Waals surface area contributed by atoms with Gasteiger partial charge in [-0.2, -0.15) is 0 Å². The normalized spacial score (nSPS) is 14.3. The molecule has 0 amide bonds. The minimum atomic E-state index is -0.395. The number of nitro benzene ring substituents is 1. The number of aliphatic imine (C=N–C) groups is 1. The van der Waals surface area contributed by atoms with Crippen LogP contribution in [0.3, 0.4) is 0 Å². The number of nitro groups is 1. The Morgan fingerprint density at radius 1 is 1.15 bits per heavy atom. The first-order valence-corrected chi connectivity index (χ1v) is 10.8. The maximum atomic E-state index is 10.8. The van der Waals surface area contributed by atoms with Gasteiger partial charge < -0.3 is 20.1 Å². The van der Waals surface area contributed by atoms with Crippen LogP contribution in [0.15, 0.2) is 53.5 Å². The molecule has 1 aliphatic heterocycles. The number of benzene rings is 2. The van der Waals surface area contributed by atoms with E-state index < -0.39 is 4.92 Å². The number of rotatable bonds is 10. The Hall–Kier alpha value is -2.44. The number of non-ortho nitro benzene ring substituents is 1. The maximum absolute atomic E-state index is 10.8. The van der Waals surface area contributed by atoms with Gasteiger partial charge in [-0.05, 0) is 36.2 Å². The molecular weight excluding hydrogens is 537 g/mol. The summed E-state index contributed by atoms with van der Waals surface area (Å²) in [5.41, 5.74) is 2.08. The number of halogens is 1. The quantitative estimate of drug-likeness (QED) is 0.113. The summed E-state index contributed by atoms with van der Waals surface area (Å²) >= 11 is 0. The summed E-state index contributed by atoms with van der Waals surface area (Å²) < 4.78 is 10.7. The summed E-state index contributed by atoms with van der Waals surface area (Å²) in [6, 6.07) is 14.4. The van der Waals surface area contributed by atoms with Crippen LogP contribution in [0.2, 0.25) is 0 Å². The van der Waals surface area contributed by atoms with Gasteiger partial charge in [-0.3, -0.25) is 15.0 Å². The lowest BCUT2D eigenvalue weighted by Gasteiger charge is -2.26. The molecule has 33 heavy (non-hydrogen) atoms. The van der Waals surface area contributed by atoms with Crippen molar-refractivity contribution in [3.8, 4) is 5.75 Å². The van der Waals surface area contributed by atoms with E-state index in [0.29, 0.717) is 19.0 Å². The molecule has 10 heteroatoms. The molecule has 0 aromatic heterocycles. The van der Waals surface area contributed by atoms with E-state index in [1.54, 1.807) is 19.2 Å². The summed E-state index contributed by atoms with van der Waals surface area (Å²) in [4.78, 5) is 17.6. The van der Waals surface area contributed by atoms with Gasteiger partial charge in [0.2, 0.25) is 0 Å². The molecule has 0 spiro atoms. The summed E-state index contributed by atoms with van der Waals surface area (Å²) in [5.74, 6) is 1.50. The van der Waals surface area contributed by atoms with Gasteiger partial charge in [0.05, 0.1) is 31.8 Å². The van der Waals surface area contributed by atoms with E-state index >= 15 is 0 Å². The second-order valence-corrected chi connectivity index (χ2v) is 7.53. The highest BCUT2D eigenvalue weighted by Gasteiger charge is 2.10. The number of guanidine groups is 1. The van der Waals surface area contributed by atoms with Gasteiger partial charge >= 0.3 is 0 Å². The molecule has 0 unspecified atom stereocenters. The first-order chi connectivity index (χ1) is 15.6. The van der Waals surface area contributed by atoms with Crippen molar-refractivity contribution in [2.45, 2.75) is 19.5 Å². The highest BCUT2D eigenvalue weighted by Crippen LogP contribution is 2.13. The van der Waals surface area contributed by atoms with Crippen LogP contribution >= 0.6 is 24.0 Å². The van der Waals surface area contributed by atoms with E-state index in [-0.39, 0.29) is 29.7 Å². The third-order valence-corrected chi connectivity index (χ3v) is 5.21. The van der Waals surface area contributed by atoms with E-state index in [4.69, 9.17) is 14.5 Å². The highest BCUT2D eigenvalue weighted by atomic mass is 127. The molecule has 0 saturated carbocycles. The van der Waals surface area contributed by atoms with Crippen LogP contribution in [-0.2, 0) is 17.8 Å². The largest absolute Gasteiger partial charge is 0.497 e. The summed E-state index contributed by atoms with van der Waals surface area (Å²) in [6.07, 6.45) is 0.997. The fourth-order valence-corrected chi connectivity index (χ4v) is 3.37. The Bertz CT molecular complexity index is 889. The second-order valence-electron chi connectivity index (χ2n) is 7.53. The molecule has 1 saturated heterocycles. The number of nitrogens with zero attached hydrogens (tertiary/aromatic N) is 3. The zero-order valence-electron chi connectivity index (χ0n) is 18.9. The molecule has 1 fully saturated rings. The van der Waals surface area contributed by atoms with Crippen LogP contribution < -0.4 is 15.4 Å². The number of nitrogens with one attached hydrogen (secondary N) is 2. The van der Waals surface area contributed by atoms with Crippen LogP contribution in [0.4, 0.5) is 5.69 Å². The topological polar surface area (TPSA) is 101 Å². The van der Waals surface area contributed by atoms with Gasteiger partial charge in [0.15, 0.2) is 5.96 Å². The molecule has 2 aromatic carbocycles. The van der Waals surface area contributed by atoms with E-state index in [9.17, 15) is 10.1 Å². The minimum absolute atomic E-state index is 0. The average Bonchev–Trinajstić information content (AvgIpc) is 2.84. The van der Waals surface area contributed by atoms with Gasteiger partial charge in [-0.15, -0.1) is 24.0 Å². The molecule has 2 N–H and O–H groups in total. The maximum Gasteiger partial charge on any atom is 0.269 e. The van der Waals surface area contributed by atoms with Crippen LogP contribution in [0.25, 0.3) is 0 Å². The molecule has 180 valence electrons. The molecule has 0 atom stereocenters. The van der Waals surface area contributed by atoms with Gasteiger partial charge in [0, 0.05) is 38.3 Å². The number of hydrogen-bond acceptors (Lipinski definition) is 6. The number of hydrogen-bond donors (Lipinski definition) is 2. The molecule has 0 aliphatic carbocycles. The molecule has 2 aromatic rings. The van der Waals surface area contributed by atoms with Crippen LogP contribution in [0.5, 0.6) is 5.75 Å². The highest BCUT2D eigenvalue weighted by molar-refractivity contribution is 14.0. The second kappa shape index (κ2) is 14.7. The zero-order valence-corrected chi connectivity index (χ0v) is 21.2. The minimum Gasteiger partial charge on any atom is -0.497 e. The SMILES string of the molecule is COc1cccc(CN=C(NCCCN2CCOCC2)NCc2ccc([N+](=O)[O-])cc2)c1.I. The third-order valence-electron chi connectivity index (χ3n) is 5.21. The molecule has 1 heterocycles. The lowest BCUT2D eigenvalue weighted by molar-refractivity contribution is -0.384. The van der Waals surface area contributed by atoms with Crippen LogP contribution in [-0.4, -0.2) is 62.3 Å². The van der Waals surface area contributed by atoms with E-state index in [0.717, 1.165) is 62.7 Å². The first-order valence-electron chi connectivity index (χ1n) is 10.8. The fourth-order valence-electron chi connectivity index (χ4n) is 3.37. The third kappa shape index (κ3) is 9.52. The zero-order chi connectivity index (χ0) is 22.6. The van der Waals surface area contributed by atoms with Gasteiger partial charge in [0.25, 0.3) is 5.69 Å². The molecule has 0 bridgehead atoms. The average molecular weight is 569 g/mol. The monoisotopic (exact) mass is 569 g/mol. The van der Waals surface area contributed by atoms with Crippen molar-refractivity contribution in [3.05, 3.63) is 69.8 Å². The van der Waals surface area contributed by atoms with Crippen molar-refractivity contribution in [3.63, 3.8) is 0 Å². The number of methoxy groups -OCH3 is 1. The number of morpholine rings is 1. The van der Waals surface area contributed by atoms with Gasteiger partial charge in [-0.25, -0.2) is 4.99 Å². The van der Waals surface area contributed by atoms with Crippen LogP contribution in [0, 0.1) is 10.1 Å². The summed E-state index contributed by atoms with van der Waals surface area (Å²) in [6.45, 7) is 6.41. The Morgan fingerprint density at radius 2 is 1.91 bits per heavy atom. The summed E-state index contributed by atoms with van der Waals surface area (Å²) in [5, 5.41) is 17.6. The van der Waals surface area contributed by atoms with E-state index in [2.05, 4.69) is 15.5 Å². The van der Waals surface area contributed by atoms with Crippen molar-refractivity contribution in [2.75, 3.05) is 46.5 Å². The van der Waals surface area contributed by atoms with E-state index in [1.165, 1.54) is 12.1 Å². The molecule has 0 radical (unpaired) electrons. The Morgan fingerprint density at radius 3 is 2.61 bits per heavy atom. The number of ether oxygens (including phenoxy) is 2. The molecule has 1 aliphatic rings. The summed E-state index contributed by atoms with van der Waals surface area (Å²) in [7, 11) is 1.65. The Kier molecular flexibility index (Phi) is 11.9. The molecular formula is C23H32IN5O4. The first kappa shape index (κ1) is 26.8.